The lowest BCUT2D eigenvalue weighted by Gasteiger charge is -2.38. The fraction of sp³-hybridized carbons (Fsp3) is 0.727. The fourth-order valence-corrected chi connectivity index (χ4v) is 5.61. The van der Waals surface area contributed by atoms with Crippen molar-refractivity contribution in [1.82, 2.24) is 19.9 Å². The highest BCUT2D eigenvalue weighted by Crippen LogP contribution is 2.59. The van der Waals surface area contributed by atoms with Crippen molar-refractivity contribution in [2.75, 3.05) is 6.61 Å². The Hall–Kier alpha value is -1.67. The van der Waals surface area contributed by atoms with Gasteiger partial charge in [0, 0.05) is 18.8 Å². The number of nitrogens with one attached hydrogen (secondary N) is 1. The summed E-state index contributed by atoms with van der Waals surface area (Å²) < 4.78 is 42.5. The summed E-state index contributed by atoms with van der Waals surface area (Å²) in [7, 11) is 1.66. The molecule has 5 rings (SSSR count). The number of nitrogens with zero attached hydrogens (tertiary/aromatic N) is 3. The molecule has 164 valence electrons. The van der Waals surface area contributed by atoms with Gasteiger partial charge in [-0.2, -0.15) is 13.2 Å². The summed E-state index contributed by atoms with van der Waals surface area (Å²) in [6.07, 6.45) is 4.47. The third-order valence-corrected chi connectivity index (χ3v) is 7.81. The van der Waals surface area contributed by atoms with E-state index >= 15 is 0 Å². The van der Waals surface area contributed by atoms with Crippen molar-refractivity contribution >= 4 is 11.2 Å². The van der Waals surface area contributed by atoms with Crippen molar-refractivity contribution in [2.45, 2.75) is 75.0 Å². The molecule has 2 saturated carbocycles. The molecule has 5 nitrogen and oxygen atoms in total. The smallest absolute Gasteiger partial charge is 0.395 e. The predicted octanol–water partition coefficient (Wildman–Crippen LogP) is 4.15. The topological polar surface area (TPSA) is 63.0 Å². The molecule has 3 aliphatic rings. The molecule has 30 heavy (non-hydrogen) atoms. The van der Waals surface area contributed by atoms with Crippen LogP contribution in [-0.4, -0.2) is 38.5 Å². The SMILES string of the molecule is Cn1c(C2(C(F)(F)F)CC2)cc2ncc(C3CCC[C@@H](C4CCC4)[C@H](CO)N3)nc21. The van der Waals surface area contributed by atoms with Gasteiger partial charge in [0.05, 0.1) is 24.5 Å². The zero-order valence-corrected chi connectivity index (χ0v) is 17.3. The lowest BCUT2D eigenvalue weighted by Crippen LogP contribution is -2.44. The van der Waals surface area contributed by atoms with Gasteiger partial charge in [-0.3, -0.25) is 4.98 Å². The molecule has 3 atom stereocenters. The summed E-state index contributed by atoms with van der Waals surface area (Å²) in [4.78, 5) is 9.22. The Morgan fingerprint density at radius 1 is 1.20 bits per heavy atom. The van der Waals surface area contributed by atoms with Gasteiger partial charge in [-0.15, -0.1) is 0 Å². The molecule has 1 saturated heterocycles. The maximum Gasteiger partial charge on any atom is 0.399 e. The van der Waals surface area contributed by atoms with Gasteiger partial charge < -0.3 is 15.0 Å². The van der Waals surface area contributed by atoms with Crippen LogP contribution in [0, 0.1) is 11.8 Å². The minimum absolute atomic E-state index is 0.0317. The van der Waals surface area contributed by atoms with Crippen LogP contribution in [-0.2, 0) is 12.5 Å². The number of fused-ring (bicyclic) bond motifs is 1. The first-order chi connectivity index (χ1) is 14.3. The number of aryl methyl sites for hydroxylation is 1. The third-order valence-electron chi connectivity index (χ3n) is 7.81. The van der Waals surface area contributed by atoms with Crippen LogP contribution in [0.15, 0.2) is 12.3 Å². The van der Waals surface area contributed by atoms with Crippen molar-refractivity contribution in [1.29, 1.82) is 0 Å². The highest BCUT2D eigenvalue weighted by atomic mass is 19.4. The Balaban J connectivity index is 1.44. The minimum Gasteiger partial charge on any atom is -0.395 e. The summed E-state index contributed by atoms with van der Waals surface area (Å²) in [6.45, 7) is 0.0930. The quantitative estimate of drug-likeness (QED) is 0.777. The number of alkyl halides is 3. The molecule has 2 aliphatic carbocycles. The molecule has 0 amide bonds. The zero-order valence-electron chi connectivity index (χ0n) is 17.3. The van der Waals surface area contributed by atoms with Gasteiger partial charge >= 0.3 is 6.18 Å². The van der Waals surface area contributed by atoms with Crippen LogP contribution in [0.1, 0.15) is 68.8 Å². The molecule has 2 aromatic rings. The van der Waals surface area contributed by atoms with Gasteiger partial charge in [-0.25, -0.2) is 4.98 Å². The fourth-order valence-electron chi connectivity index (χ4n) is 5.61. The summed E-state index contributed by atoms with van der Waals surface area (Å²) in [6, 6.07) is 1.54. The molecule has 2 aromatic heterocycles. The number of rotatable bonds is 4. The van der Waals surface area contributed by atoms with Crippen LogP contribution in [0.3, 0.4) is 0 Å². The molecule has 0 spiro atoms. The molecule has 1 unspecified atom stereocenters. The molecule has 2 N–H and O–H groups in total. The first kappa shape index (κ1) is 20.2. The van der Waals surface area contributed by atoms with Crippen LogP contribution in [0.5, 0.6) is 0 Å². The standard InChI is InChI=1S/C22H29F3N4O/c1-29-19(21(8-9-21)22(23,24)25)10-16-20(29)28-17(11-26-16)15-7-3-6-14(13-4-2-5-13)18(12-30)27-15/h10-11,13-15,18,27,30H,2-9,12H2,1H3/t14-,15?,18-/m0/s1. The van der Waals surface area contributed by atoms with Crippen LogP contribution < -0.4 is 5.32 Å². The van der Waals surface area contributed by atoms with Crippen LogP contribution in [0.2, 0.25) is 0 Å². The van der Waals surface area contributed by atoms with Crippen molar-refractivity contribution in [3.8, 4) is 0 Å². The van der Waals surface area contributed by atoms with Crippen molar-refractivity contribution < 1.29 is 18.3 Å². The van der Waals surface area contributed by atoms with E-state index in [1.807, 2.05) is 0 Å². The average molecular weight is 422 g/mol. The van der Waals surface area contributed by atoms with Gasteiger partial charge in [0.15, 0.2) is 5.65 Å². The number of aromatic nitrogens is 3. The van der Waals surface area contributed by atoms with Crippen molar-refractivity contribution in [3.63, 3.8) is 0 Å². The number of halogens is 3. The van der Waals surface area contributed by atoms with Crippen LogP contribution >= 0.6 is 0 Å². The molecule has 0 aromatic carbocycles. The Kier molecular flexibility index (Phi) is 4.85. The maximum atomic E-state index is 13.6. The number of hydrogen-bond donors (Lipinski definition) is 2. The molecule has 3 fully saturated rings. The van der Waals surface area contributed by atoms with E-state index in [1.54, 1.807) is 23.9 Å². The molecule has 8 heteroatoms. The van der Waals surface area contributed by atoms with E-state index in [4.69, 9.17) is 4.98 Å². The van der Waals surface area contributed by atoms with E-state index in [2.05, 4.69) is 10.3 Å². The zero-order chi connectivity index (χ0) is 21.1. The van der Waals surface area contributed by atoms with E-state index in [1.165, 1.54) is 19.3 Å². The van der Waals surface area contributed by atoms with Crippen molar-refractivity contribution in [3.05, 3.63) is 23.7 Å². The lowest BCUT2D eigenvalue weighted by molar-refractivity contribution is -0.162. The number of aliphatic hydroxyl groups is 1. The highest BCUT2D eigenvalue weighted by Gasteiger charge is 2.65. The van der Waals surface area contributed by atoms with Crippen LogP contribution in [0.4, 0.5) is 13.2 Å². The second-order valence-corrected chi connectivity index (χ2v) is 9.47. The molecule has 0 bridgehead atoms. The minimum atomic E-state index is -4.26. The Morgan fingerprint density at radius 2 is 1.93 bits per heavy atom. The Morgan fingerprint density at radius 3 is 2.53 bits per heavy atom. The molecule has 3 heterocycles. The molecule has 1 aliphatic heterocycles. The van der Waals surface area contributed by atoms with E-state index in [9.17, 15) is 18.3 Å². The molecular formula is C22H29F3N4O. The van der Waals surface area contributed by atoms with E-state index in [-0.39, 0.29) is 37.2 Å². The highest BCUT2D eigenvalue weighted by molar-refractivity contribution is 5.74. The summed E-state index contributed by atoms with van der Waals surface area (Å²) >= 11 is 0. The summed E-state index contributed by atoms with van der Waals surface area (Å²) in [5.74, 6) is 1.17. The second-order valence-electron chi connectivity index (χ2n) is 9.47. The maximum absolute atomic E-state index is 13.6. The Bertz CT molecular complexity index is 932. The first-order valence-corrected chi connectivity index (χ1v) is 11.1. The van der Waals surface area contributed by atoms with E-state index < -0.39 is 11.6 Å². The first-order valence-electron chi connectivity index (χ1n) is 11.1. The average Bonchev–Trinajstić information content (AvgIpc) is 3.44. The van der Waals surface area contributed by atoms with Gasteiger partial charge in [-0.1, -0.05) is 25.7 Å². The van der Waals surface area contributed by atoms with Crippen LogP contribution in [0.25, 0.3) is 11.2 Å². The van der Waals surface area contributed by atoms with E-state index in [0.717, 1.165) is 25.0 Å². The van der Waals surface area contributed by atoms with Crippen molar-refractivity contribution in [2.24, 2.45) is 18.9 Å². The Labute approximate surface area is 174 Å². The lowest BCUT2D eigenvalue weighted by atomic mass is 9.71. The van der Waals surface area contributed by atoms with Gasteiger partial charge in [0.2, 0.25) is 0 Å². The van der Waals surface area contributed by atoms with Gasteiger partial charge in [0.25, 0.3) is 0 Å². The monoisotopic (exact) mass is 422 g/mol. The second kappa shape index (κ2) is 7.19. The van der Waals surface area contributed by atoms with E-state index in [0.29, 0.717) is 23.0 Å². The number of hydrogen-bond acceptors (Lipinski definition) is 4. The predicted molar refractivity (Wildman–Crippen MR) is 107 cm³/mol. The normalized spacial score (nSPS) is 29.6. The third kappa shape index (κ3) is 3.14. The largest absolute Gasteiger partial charge is 0.399 e. The molecule has 0 radical (unpaired) electrons. The van der Waals surface area contributed by atoms with Gasteiger partial charge in [-0.05, 0) is 43.6 Å². The molecular weight excluding hydrogens is 393 g/mol. The van der Waals surface area contributed by atoms with Gasteiger partial charge in [0.1, 0.15) is 10.9 Å². The summed E-state index contributed by atoms with van der Waals surface area (Å²) in [5.41, 5.74) is 0.267. The summed E-state index contributed by atoms with van der Waals surface area (Å²) in [5, 5.41) is 13.6. The number of aliphatic hydroxyl groups excluding tert-OH is 1.